The minimum absolute atomic E-state index is 0.0509. The van der Waals surface area contributed by atoms with Gasteiger partial charge in [-0.15, -0.1) is 0 Å². The van der Waals surface area contributed by atoms with Gasteiger partial charge in [0.2, 0.25) is 11.8 Å². The highest BCUT2D eigenvalue weighted by molar-refractivity contribution is 6.34. The van der Waals surface area contributed by atoms with E-state index >= 15 is 0 Å². The van der Waals surface area contributed by atoms with E-state index < -0.39 is 42.2 Å². The Kier molecular flexibility index (Phi) is 8.71. The second kappa shape index (κ2) is 11.5. The van der Waals surface area contributed by atoms with Crippen LogP contribution in [0.2, 0.25) is 0 Å². The number of hydrogen-bond acceptors (Lipinski definition) is 7. The Morgan fingerprint density at radius 1 is 0.968 bits per heavy atom. The average molecular weight is 427 g/mol. The molecule has 0 saturated carbocycles. The Balaban J connectivity index is 1.72. The van der Waals surface area contributed by atoms with E-state index in [-0.39, 0.29) is 18.8 Å². The molecule has 0 aliphatic heterocycles. The molecule has 2 amide bonds. The quantitative estimate of drug-likeness (QED) is 0.313. The lowest BCUT2D eigenvalue weighted by Gasteiger charge is -2.17. The van der Waals surface area contributed by atoms with Gasteiger partial charge in [0.25, 0.3) is 5.78 Å². The van der Waals surface area contributed by atoms with Gasteiger partial charge in [-0.1, -0.05) is 42.5 Å². The van der Waals surface area contributed by atoms with Crippen LogP contribution in [-0.2, 0) is 36.9 Å². The summed E-state index contributed by atoms with van der Waals surface area (Å²) in [5.41, 5.74) is 7.33. The van der Waals surface area contributed by atoms with Crippen LogP contribution >= 0.6 is 0 Å². The van der Waals surface area contributed by atoms with E-state index in [0.717, 1.165) is 11.1 Å². The van der Waals surface area contributed by atoms with Crippen LogP contribution < -0.4 is 16.4 Å². The molecule has 0 fully saturated rings. The van der Waals surface area contributed by atoms with Gasteiger partial charge >= 0.3 is 5.97 Å². The third-order valence-corrected chi connectivity index (χ3v) is 4.34. The van der Waals surface area contributed by atoms with Crippen molar-refractivity contribution < 1.29 is 29.0 Å². The van der Waals surface area contributed by atoms with Gasteiger partial charge in [0.1, 0.15) is 18.4 Å². The molecule has 5 N–H and O–H groups in total. The van der Waals surface area contributed by atoms with Crippen LogP contribution in [0.25, 0.3) is 0 Å². The molecule has 9 heteroatoms. The summed E-state index contributed by atoms with van der Waals surface area (Å²) in [4.78, 5) is 47.9. The number of rotatable bonds is 10. The van der Waals surface area contributed by atoms with Crippen LogP contribution in [0.1, 0.15) is 18.1 Å². The van der Waals surface area contributed by atoms with E-state index in [0.29, 0.717) is 0 Å². The predicted molar refractivity (Wildman–Crippen MR) is 112 cm³/mol. The molecule has 2 rings (SSSR count). The third kappa shape index (κ3) is 7.90. The van der Waals surface area contributed by atoms with Crippen LogP contribution in [0.5, 0.6) is 5.75 Å². The summed E-state index contributed by atoms with van der Waals surface area (Å²) in [6, 6.07) is 13.2. The number of ether oxygens (including phenoxy) is 1. The topological polar surface area (TPSA) is 148 Å². The lowest BCUT2D eigenvalue weighted by atomic mass is 10.1. The molecule has 0 aliphatic carbocycles. The minimum atomic E-state index is -1.06. The summed E-state index contributed by atoms with van der Waals surface area (Å²) in [7, 11) is 0. The van der Waals surface area contributed by atoms with Crippen molar-refractivity contribution >= 4 is 23.6 Å². The first-order chi connectivity index (χ1) is 14.8. The first-order valence-electron chi connectivity index (χ1n) is 9.61. The fraction of sp³-hybridized carbons (Fsp3) is 0.273. The molecule has 0 unspecified atom stereocenters. The first-order valence-corrected chi connectivity index (χ1v) is 9.61. The van der Waals surface area contributed by atoms with E-state index in [4.69, 9.17) is 10.5 Å². The summed E-state index contributed by atoms with van der Waals surface area (Å²) in [5, 5.41) is 14.0. The van der Waals surface area contributed by atoms with Crippen LogP contribution in [-0.4, -0.2) is 47.3 Å². The molecular weight excluding hydrogens is 402 g/mol. The number of amides is 2. The molecule has 0 bridgehead atoms. The van der Waals surface area contributed by atoms with Crippen molar-refractivity contribution in [1.29, 1.82) is 0 Å². The van der Waals surface area contributed by atoms with Crippen molar-refractivity contribution in [3.05, 3.63) is 65.7 Å². The number of hydrogen-bond donors (Lipinski definition) is 4. The minimum Gasteiger partial charge on any atom is -0.508 e. The van der Waals surface area contributed by atoms with Gasteiger partial charge in [-0.3, -0.25) is 14.4 Å². The number of phenols is 1. The number of nitrogens with one attached hydrogen (secondary N) is 2. The van der Waals surface area contributed by atoms with Crippen LogP contribution in [0.3, 0.4) is 0 Å². The van der Waals surface area contributed by atoms with E-state index in [9.17, 15) is 24.3 Å². The van der Waals surface area contributed by atoms with Crippen LogP contribution in [0.4, 0.5) is 0 Å². The van der Waals surface area contributed by atoms with E-state index in [1.807, 2.05) is 6.07 Å². The predicted octanol–water partition coefficient (Wildman–Crippen LogP) is 0.195. The molecule has 31 heavy (non-hydrogen) atoms. The summed E-state index contributed by atoms with van der Waals surface area (Å²) >= 11 is 0. The normalized spacial score (nSPS) is 12.3. The van der Waals surface area contributed by atoms with Gasteiger partial charge in [0.05, 0.1) is 12.6 Å². The Morgan fingerprint density at radius 2 is 1.61 bits per heavy atom. The van der Waals surface area contributed by atoms with Crippen molar-refractivity contribution in [3.63, 3.8) is 0 Å². The number of ketones is 1. The van der Waals surface area contributed by atoms with E-state index in [1.54, 1.807) is 36.4 Å². The van der Waals surface area contributed by atoms with Crippen LogP contribution in [0, 0.1) is 0 Å². The van der Waals surface area contributed by atoms with Crippen molar-refractivity contribution in [2.24, 2.45) is 5.73 Å². The Hall–Kier alpha value is -3.72. The lowest BCUT2D eigenvalue weighted by Crippen LogP contribution is -2.51. The van der Waals surface area contributed by atoms with Gasteiger partial charge in [-0.25, -0.2) is 4.79 Å². The summed E-state index contributed by atoms with van der Waals surface area (Å²) < 4.78 is 4.90. The monoisotopic (exact) mass is 427 g/mol. The lowest BCUT2D eigenvalue weighted by molar-refractivity contribution is -0.154. The smallest absolute Gasteiger partial charge is 0.376 e. The Labute approximate surface area is 179 Å². The number of aromatic hydroxyl groups is 1. The summed E-state index contributed by atoms with van der Waals surface area (Å²) in [6.45, 7) is 0.829. The van der Waals surface area contributed by atoms with Gasteiger partial charge in [0.15, 0.2) is 0 Å². The van der Waals surface area contributed by atoms with E-state index in [2.05, 4.69) is 10.6 Å². The standard InChI is InChI=1S/C22H25N3O6/c1-14(25-21(29)18(23)11-15-7-9-17(26)10-8-15)20(28)24-12-19(27)22(30)31-13-16-5-3-2-4-6-16/h2-10,14,18,26H,11-13,23H2,1H3,(H,24,28)(H,25,29)/t14-,18-/m0/s1. The number of carbonyl (C=O) groups excluding carboxylic acids is 4. The molecule has 0 heterocycles. The maximum absolute atomic E-state index is 12.2. The van der Waals surface area contributed by atoms with Crippen molar-refractivity contribution in [2.45, 2.75) is 32.0 Å². The highest BCUT2D eigenvalue weighted by Gasteiger charge is 2.22. The zero-order valence-electron chi connectivity index (χ0n) is 17.0. The fourth-order valence-electron chi connectivity index (χ4n) is 2.56. The number of Topliss-reactive ketones (excluding diaryl/α,β-unsaturated/α-hetero) is 1. The molecule has 2 aromatic rings. The number of nitrogens with two attached hydrogens (primary N) is 1. The molecule has 9 nitrogen and oxygen atoms in total. The number of carbonyl (C=O) groups is 4. The number of benzene rings is 2. The summed E-state index contributed by atoms with van der Waals surface area (Å²) in [5.74, 6) is -3.06. The Bertz CT molecular complexity index is 915. The molecule has 2 aromatic carbocycles. The molecule has 0 spiro atoms. The van der Waals surface area contributed by atoms with Crippen molar-refractivity contribution in [1.82, 2.24) is 10.6 Å². The maximum Gasteiger partial charge on any atom is 0.376 e. The van der Waals surface area contributed by atoms with E-state index in [1.165, 1.54) is 19.1 Å². The molecule has 164 valence electrons. The third-order valence-electron chi connectivity index (χ3n) is 4.34. The SMILES string of the molecule is C[C@H](NC(=O)[C@@H](N)Cc1ccc(O)cc1)C(=O)NCC(=O)C(=O)OCc1ccccc1. The zero-order chi connectivity index (χ0) is 22.8. The molecule has 0 aromatic heterocycles. The average Bonchev–Trinajstić information content (AvgIpc) is 2.77. The highest BCUT2D eigenvalue weighted by atomic mass is 16.5. The van der Waals surface area contributed by atoms with Gasteiger partial charge in [-0.05, 0) is 36.6 Å². The van der Waals surface area contributed by atoms with Crippen molar-refractivity contribution in [2.75, 3.05) is 6.54 Å². The number of esters is 1. The van der Waals surface area contributed by atoms with Gasteiger partial charge in [-0.2, -0.15) is 0 Å². The molecular formula is C22H25N3O6. The second-order valence-electron chi connectivity index (χ2n) is 6.91. The molecule has 0 saturated heterocycles. The zero-order valence-corrected chi connectivity index (χ0v) is 17.0. The molecule has 0 aliphatic rings. The largest absolute Gasteiger partial charge is 0.508 e. The fourth-order valence-corrected chi connectivity index (χ4v) is 2.56. The van der Waals surface area contributed by atoms with Crippen LogP contribution in [0.15, 0.2) is 54.6 Å². The first kappa shape index (κ1) is 23.6. The second-order valence-corrected chi connectivity index (χ2v) is 6.91. The highest BCUT2D eigenvalue weighted by Crippen LogP contribution is 2.11. The number of phenolic OH excluding ortho intramolecular Hbond substituents is 1. The molecule has 2 atom stereocenters. The molecule has 0 radical (unpaired) electrons. The summed E-state index contributed by atoms with van der Waals surface area (Å²) in [6.07, 6.45) is 0.214. The van der Waals surface area contributed by atoms with Gasteiger partial charge in [0, 0.05) is 0 Å². The van der Waals surface area contributed by atoms with Crippen molar-refractivity contribution in [3.8, 4) is 5.75 Å². The maximum atomic E-state index is 12.2. The Morgan fingerprint density at radius 3 is 2.26 bits per heavy atom. The van der Waals surface area contributed by atoms with Gasteiger partial charge < -0.3 is 26.2 Å².